The second kappa shape index (κ2) is 5.82. The molecule has 6 nitrogen and oxygen atoms in total. The Labute approximate surface area is 129 Å². The van der Waals surface area contributed by atoms with Gasteiger partial charge < -0.3 is 4.98 Å². The summed E-state index contributed by atoms with van der Waals surface area (Å²) in [5.41, 5.74) is 2.22. The van der Waals surface area contributed by atoms with Gasteiger partial charge in [0.25, 0.3) is 5.91 Å². The number of fused-ring (bicyclic) bond motifs is 1. The number of amides is 1. The summed E-state index contributed by atoms with van der Waals surface area (Å²) in [6, 6.07) is 5.31. The molecule has 0 unspecified atom stereocenters. The lowest BCUT2D eigenvalue weighted by atomic mass is 10.2. The molecular weight excluding hydrogens is 306 g/mol. The number of benzene rings is 1. The van der Waals surface area contributed by atoms with Crippen molar-refractivity contribution >= 4 is 45.2 Å². The lowest BCUT2D eigenvalue weighted by molar-refractivity contribution is 0.102. The van der Waals surface area contributed by atoms with Gasteiger partial charge in [0, 0.05) is 10.8 Å². The molecule has 0 bridgehead atoms. The van der Waals surface area contributed by atoms with E-state index in [1.807, 2.05) is 0 Å². The van der Waals surface area contributed by atoms with Crippen molar-refractivity contribution in [2.45, 2.75) is 23.4 Å². The third-order valence-electron chi connectivity index (χ3n) is 2.65. The lowest BCUT2D eigenvalue weighted by Gasteiger charge is -2.01. The third-order valence-corrected chi connectivity index (χ3v) is 4.57. The van der Waals surface area contributed by atoms with Gasteiger partial charge in [-0.3, -0.25) is 10.1 Å². The van der Waals surface area contributed by atoms with Gasteiger partial charge in [-0.25, -0.2) is 4.98 Å². The molecule has 0 spiro atoms. The fourth-order valence-corrected chi connectivity index (χ4v) is 3.73. The molecule has 0 saturated heterocycles. The molecule has 3 aromatic rings. The number of hydrogen-bond acceptors (Lipinski definition) is 6. The molecule has 0 radical (unpaired) electrons. The third kappa shape index (κ3) is 3.22. The normalized spacial score (nSPS) is 11.2. The number of thioether (sulfide) groups is 1. The molecule has 2 N–H and O–H groups in total. The molecule has 2 heterocycles. The largest absolute Gasteiger partial charge is 0.345 e. The summed E-state index contributed by atoms with van der Waals surface area (Å²) in [5.74, 6) is -0.205. The molecule has 8 heteroatoms. The van der Waals surface area contributed by atoms with Crippen LogP contribution in [0.3, 0.4) is 0 Å². The van der Waals surface area contributed by atoms with Gasteiger partial charge in [-0.2, -0.15) is 0 Å². The number of carbonyl (C=O) groups excluding carboxylic acids is 1. The Morgan fingerprint density at radius 2 is 2.24 bits per heavy atom. The number of aromatic nitrogens is 4. The summed E-state index contributed by atoms with van der Waals surface area (Å²) in [6.07, 6.45) is 1.60. The van der Waals surface area contributed by atoms with Crippen molar-refractivity contribution in [3.05, 3.63) is 30.1 Å². The van der Waals surface area contributed by atoms with Crippen molar-refractivity contribution in [3.63, 3.8) is 0 Å². The van der Waals surface area contributed by atoms with Gasteiger partial charge in [0.15, 0.2) is 4.34 Å². The number of aromatic amines is 1. The van der Waals surface area contributed by atoms with Crippen LogP contribution in [0.1, 0.15) is 24.2 Å². The van der Waals surface area contributed by atoms with Gasteiger partial charge in [0.2, 0.25) is 5.13 Å². The predicted octanol–water partition coefficient (Wildman–Crippen LogP) is 3.17. The van der Waals surface area contributed by atoms with E-state index in [9.17, 15) is 4.79 Å². The Balaban J connectivity index is 1.74. The molecule has 0 fully saturated rings. The fraction of sp³-hybridized carbons (Fsp3) is 0.231. The standard InChI is InChI=1S/C13H13N5OS2/c1-7(2)20-13-18-17-12(21-13)16-11(19)8-3-4-9-10(5-8)15-6-14-9/h3-7H,1-2H3,(H,14,15)(H,16,17,19). The van der Waals surface area contributed by atoms with E-state index in [2.05, 4.69) is 39.3 Å². The van der Waals surface area contributed by atoms with Crippen molar-refractivity contribution in [1.29, 1.82) is 0 Å². The molecular formula is C13H13N5OS2. The monoisotopic (exact) mass is 319 g/mol. The van der Waals surface area contributed by atoms with Crippen LogP contribution in [-0.4, -0.2) is 31.3 Å². The second-order valence-corrected chi connectivity index (χ2v) is 7.43. The van der Waals surface area contributed by atoms with Gasteiger partial charge in [-0.15, -0.1) is 10.2 Å². The summed E-state index contributed by atoms with van der Waals surface area (Å²) in [5, 5.41) is 11.7. The SMILES string of the molecule is CC(C)Sc1nnc(NC(=O)c2ccc3nc[nH]c3c2)s1. The van der Waals surface area contributed by atoms with E-state index in [-0.39, 0.29) is 5.91 Å². The number of nitrogens with zero attached hydrogens (tertiary/aromatic N) is 3. The number of hydrogen-bond donors (Lipinski definition) is 2. The van der Waals surface area contributed by atoms with E-state index in [1.165, 1.54) is 11.3 Å². The zero-order valence-corrected chi connectivity index (χ0v) is 13.1. The van der Waals surface area contributed by atoms with Crippen LogP contribution in [0.4, 0.5) is 5.13 Å². The highest BCUT2D eigenvalue weighted by atomic mass is 32.2. The average molecular weight is 319 g/mol. The average Bonchev–Trinajstić information content (AvgIpc) is 3.06. The van der Waals surface area contributed by atoms with E-state index < -0.39 is 0 Å². The molecule has 0 aliphatic rings. The maximum atomic E-state index is 12.2. The highest BCUT2D eigenvalue weighted by molar-refractivity contribution is 8.01. The van der Waals surface area contributed by atoms with Crippen LogP contribution in [-0.2, 0) is 0 Å². The minimum Gasteiger partial charge on any atom is -0.345 e. The molecule has 1 amide bonds. The Kier molecular flexibility index (Phi) is 3.89. The first kappa shape index (κ1) is 14.0. The smallest absolute Gasteiger partial charge is 0.257 e. The molecule has 108 valence electrons. The quantitative estimate of drug-likeness (QED) is 0.570. The van der Waals surface area contributed by atoms with Crippen molar-refractivity contribution in [3.8, 4) is 0 Å². The van der Waals surface area contributed by atoms with Crippen LogP contribution in [0.15, 0.2) is 28.9 Å². The molecule has 2 aromatic heterocycles. The first-order valence-electron chi connectivity index (χ1n) is 6.36. The van der Waals surface area contributed by atoms with Crippen molar-refractivity contribution < 1.29 is 4.79 Å². The summed E-state index contributed by atoms with van der Waals surface area (Å²) in [6.45, 7) is 4.17. The Hall–Kier alpha value is -1.93. The number of nitrogens with one attached hydrogen (secondary N) is 2. The van der Waals surface area contributed by atoms with Crippen LogP contribution in [0, 0.1) is 0 Å². The maximum absolute atomic E-state index is 12.2. The minimum atomic E-state index is -0.205. The molecule has 0 aliphatic heterocycles. The van der Waals surface area contributed by atoms with Gasteiger partial charge in [0.05, 0.1) is 17.4 Å². The van der Waals surface area contributed by atoms with Crippen molar-refractivity contribution in [1.82, 2.24) is 20.2 Å². The highest BCUT2D eigenvalue weighted by Gasteiger charge is 2.12. The molecule has 21 heavy (non-hydrogen) atoms. The van der Waals surface area contributed by atoms with Gasteiger partial charge in [-0.05, 0) is 18.2 Å². The first-order chi connectivity index (χ1) is 10.1. The summed E-state index contributed by atoms with van der Waals surface area (Å²) < 4.78 is 0.851. The Morgan fingerprint density at radius 3 is 3.05 bits per heavy atom. The van der Waals surface area contributed by atoms with Crippen molar-refractivity contribution in [2.24, 2.45) is 0 Å². The number of imidazole rings is 1. The molecule has 1 aromatic carbocycles. The number of H-pyrrole nitrogens is 1. The van der Waals surface area contributed by atoms with Crippen LogP contribution in [0.2, 0.25) is 0 Å². The van der Waals surface area contributed by atoms with Crippen LogP contribution < -0.4 is 5.32 Å². The summed E-state index contributed by atoms with van der Waals surface area (Å²) in [7, 11) is 0. The van der Waals surface area contributed by atoms with E-state index in [0.717, 1.165) is 15.4 Å². The van der Waals surface area contributed by atoms with E-state index in [1.54, 1.807) is 36.3 Å². The van der Waals surface area contributed by atoms with Crippen LogP contribution >= 0.6 is 23.1 Å². The Morgan fingerprint density at radius 1 is 1.38 bits per heavy atom. The summed E-state index contributed by atoms with van der Waals surface area (Å²) in [4.78, 5) is 19.3. The van der Waals surface area contributed by atoms with E-state index in [0.29, 0.717) is 15.9 Å². The zero-order chi connectivity index (χ0) is 14.8. The highest BCUT2D eigenvalue weighted by Crippen LogP contribution is 2.28. The Bertz CT molecular complexity index is 780. The molecule has 0 aliphatic carbocycles. The minimum absolute atomic E-state index is 0.205. The number of anilines is 1. The first-order valence-corrected chi connectivity index (χ1v) is 8.06. The van der Waals surface area contributed by atoms with Gasteiger partial charge in [-0.1, -0.05) is 36.9 Å². The number of rotatable bonds is 4. The molecule has 0 atom stereocenters. The maximum Gasteiger partial charge on any atom is 0.257 e. The van der Waals surface area contributed by atoms with E-state index >= 15 is 0 Å². The summed E-state index contributed by atoms with van der Waals surface area (Å²) >= 11 is 3.00. The van der Waals surface area contributed by atoms with Crippen molar-refractivity contribution in [2.75, 3.05) is 5.32 Å². The zero-order valence-electron chi connectivity index (χ0n) is 11.5. The lowest BCUT2D eigenvalue weighted by Crippen LogP contribution is -2.11. The van der Waals surface area contributed by atoms with Gasteiger partial charge in [0.1, 0.15) is 0 Å². The number of carbonyl (C=O) groups is 1. The van der Waals surface area contributed by atoms with Gasteiger partial charge >= 0.3 is 0 Å². The topological polar surface area (TPSA) is 83.6 Å². The predicted molar refractivity (Wildman–Crippen MR) is 84.9 cm³/mol. The second-order valence-electron chi connectivity index (χ2n) is 4.63. The fourth-order valence-electron chi connectivity index (χ4n) is 1.76. The van der Waals surface area contributed by atoms with E-state index in [4.69, 9.17) is 0 Å². The van der Waals surface area contributed by atoms with Crippen LogP contribution in [0.5, 0.6) is 0 Å². The molecule has 3 rings (SSSR count). The molecule has 0 saturated carbocycles. The van der Waals surface area contributed by atoms with Crippen LogP contribution in [0.25, 0.3) is 11.0 Å².